The molecular formula is C16H24N4O. The fourth-order valence-corrected chi connectivity index (χ4v) is 3.44. The van der Waals surface area contributed by atoms with Crippen LogP contribution in [-0.2, 0) is 24.2 Å². The summed E-state index contributed by atoms with van der Waals surface area (Å²) in [7, 11) is 0. The van der Waals surface area contributed by atoms with Gasteiger partial charge in [-0.05, 0) is 43.7 Å². The number of rotatable bonds is 3. The molecule has 21 heavy (non-hydrogen) atoms. The minimum Gasteiger partial charge on any atom is -0.353 e. The highest BCUT2D eigenvalue weighted by Gasteiger charge is 2.31. The maximum Gasteiger partial charge on any atom is 0.242 e. The van der Waals surface area contributed by atoms with Crippen molar-refractivity contribution in [3.63, 3.8) is 0 Å². The van der Waals surface area contributed by atoms with E-state index in [4.69, 9.17) is 10.7 Å². The number of carbonyl (C=O) groups excluding carboxylic acids is 1. The molecule has 0 aromatic carbocycles. The summed E-state index contributed by atoms with van der Waals surface area (Å²) in [5.41, 5.74) is 9.57. The number of nitrogens with zero attached hydrogens (tertiary/aromatic N) is 2. The van der Waals surface area contributed by atoms with E-state index in [-0.39, 0.29) is 11.9 Å². The van der Waals surface area contributed by atoms with E-state index >= 15 is 0 Å². The highest BCUT2D eigenvalue weighted by Crippen LogP contribution is 2.28. The largest absolute Gasteiger partial charge is 0.353 e. The van der Waals surface area contributed by atoms with Gasteiger partial charge in [-0.2, -0.15) is 0 Å². The summed E-state index contributed by atoms with van der Waals surface area (Å²) in [5.74, 6) is 1.03. The Morgan fingerprint density at radius 2 is 2.24 bits per heavy atom. The Labute approximate surface area is 125 Å². The molecule has 1 fully saturated rings. The molecule has 0 saturated carbocycles. The van der Waals surface area contributed by atoms with Crippen molar-refractivity contribution >= 4 is 11.7 Å². The van der Waals surface area contributed by atoms with Crippen LogP contribution in [0.4, 0.5) is 5.82 Å². The number of hydrogen-bond donors (Lipinski definition) is 2. The van der Waals surface area contributed by atoms with Crippen molar-refractivity contribution in [1.29, 1.82) is 0 Å². The lowest BCUT2D eigenvalue weighted by molar-refractivity contribution is -0.123. The molecule has 0 bridgehead atoms. The molecule has 1 saturated heterocycles. The third-order valence-electron chi connectivity index (χ3n) is 4.57. The van der Waals surface area contributed by atoms with E-state index in [0.29, 0.717) is 13.1 Å². The molecule has 1 aromatic rings. The third-order valence-corrected chi connectivity index (χ3v) is 4.57. The van der Waals surface area contributed by atoms with Crippen LogP contribution in [0, 0.1) is 0 Å². The number of anilines is 1. The molecule has 0 radical (unpaired) electrons. The Kier molecular flexibility index (Phi) is 4.10. The Morgan fingerprint density at radius 1 is 1.43 bits per heavy atom. The summed E-state index contributed by atoms with van der Waals surface area (Å²) in [5, 5.41) is 2.94. The molecule has 1 atom stereocenters. The van der Waals surface area contributed by atoms with Crippen LogP contribution in [0.2, 0.25) is 0 Å². The summed E-state index contributed by atoms with van der Waals surface area (Å²) >= 11 is 0. The highest BCUT2D eigenvalue weighted by molar-refractivity contribution is 5.86. The second kappa shape index (κ2) is 6.02. The average Bonchev–Trinajstić information content (AvgIpc) is 2.53. The zero-order valence-electron chi connectivity index (χ0n) is 12.7. The highest BCUT2D eigenvalue weighted by atomic mass is 16.2. The van der Waals surface area contributed by atoms with E-state index in [2.05, 4.69) is 16.3 Å². The minimum absolute atomic E-state index is 0.103. The van der Waals surface area contributed by atoms with E-state index in [9.17, 15) is 4.79 Å². The molecule has 1 aromatic heterocycles. The molecule has 114 valence electrons. The van der Waals surface area contributed by atoms with E-state index in [0.717, 1.165) is 37.2 Å². The number of piperazine rings is 1. The number of aromatic nitrogens is 1. The minimum atomic E-state index is -0.127. The lowest BCUT2D eigenvalue weighted by Gasteiger charge is -2.37. The van der Waals surface area contributed by atoms with Gasteiger partial charge in [-0.1, -0.05) is 6.92 Å². The maximum absolute atomic E-state index is 12.1. The lowest BCUT2D eigenvalue weighted by atomic mass is 9.94. The van der Waals surface area contributed by atoms with Crippen molar-refractivity contribution in [3.05, 3.63) is 22.9 Å². The number of hydrogen-bond acceptors (Lipinski definition) is 4. The molecule has 5 heteroatoms. The van der Waals surface area contributed by atoms with Gasteiger partial charge in [-0.3, -0.25) is 4.79 Å². The number of pyridine rings is 1. The van der Waals surface area contributed by atoms with Gasteiger partial charge in [0.05, 0.1) is 0 Å². The van der Waals surface area contributed by atoms with Crippen molar-refractivity contribution in [1.82, 2.24) is 10.3 Å². The van der Waals surface area contributed by atoms with Crippen LogP contribution in [-0.4, -0.2) is 30.0 Å². The van der Waals surface area contributed by atoms with Crippen LogP contribution in [0.15, 0.2) is 6.07 Å². The van der Waals surface area contributed by atoms with Crippen LogP contribution >= 0.6 is 0 Å². The Bertz CT molecular complexity index is 543. The number of nitrogens with two attached hydrogens (primary N) is 1. The zero-order chi connectivity index (χ0) is 14.8. The molecular weight excluding hydrogens is 264 g/mol. The van der Waals surface area contributed by atoms with Gasteiger partial charge in [-0.25, -0.2) is 4.98 Å². The molecule has 1 amide bonds. The van der Waals surface area contributed by atoms with Gasteiger partial charge in [0.25, 0.3) is 0 Å². The van der Waals surface area contributed by atoms with Crippen molar-refractivity contribution in [2.75, 3.05) is 18.0 Å². The van der Waals surface area contributed by atoms with Gasteiger partial charge < -0.3 is 16.0 Å². The molecule has 3 N–H and O–H groups in total. The van der Waals surface area contributed by atoms with Crippen LogP contribution in [0.5, 0.6) is 0 Å². The molecule has 3 rings (SSSR count). The Hall–Kier alpha value is -1.62. The monoisotopic (exact) mass is 288 g/mol. The SMILES string of the molecule is CCC1C(=O)NCCN1c1nc2c(cc1CN)CCCC2. The van der Waals surface area contributed by atoms with Gasteiger partial charge in [0.1, 0.15) is 11.9 Å². The molecule has 0 spiro atoms. The first-order valence-electron chi connectivity index (χ1n) is 8.00. The normalized spacial score (nSPS) is 21.9. The number of aryl methyl sites for hydroxylation is 2. The van der Waals surface area contributed by atoms with Crippen LogP contribution in [0.25, 0.3) is 0 Å². The van der Waals surface area contributed by atoms with Crippen LogP contribution in [0.1, 0.15) is 43.0 Å². The quantitative estimate of drug-likeness (QED) is 0.875. The first kappa shape index (κ1) is 14.3. The van der Waals surface area contributed by atoms with Crippen LogP contribution < -0.4 is 16.0 Å². The van der Waals surface area contributed by atoms with Crippen LogP contribution in [0.3, 0.4) is 0 Å². The summed E-state index contributed by atoms with van der Waals surface area (Å²) in [6, 6.07) is 2.09. The Balaban J connectivity index is 2.01. The van der Waals surface area contributed by atoms with E-state index in [1.807, 2.05) is 6.92 Å². The molecule has 5 nitrogen and oxygen atoms in total. The fraction of sp³-hybridized carbons (Fsp3) is 0.625. The van der Waals surface area contributed by atoms with Crippen molar-refractivity contribution in [2.24, 2.45) is 5.73 Å². The maximum atomic E-state index is 12.1. The predicted octanol–water partition coefficient (Wildman–Crippen LogP) is 1.13. The molecule has 2 aliphatic rings. The first-order valence-corrected chi connectivity index (χ1v) is 8.00. The van der Waals surface area contributed by atoms with E-state index < -0.39 is 0 Å². The van der Waals surface area contributed by atoms with Gasteiger partial charge in [-0.15, -0.1) is 0 Å². The summed E-state index contributed by atoms with van der Waals surface area (Å²) in [4.78, 5) is 19.1. The van der Waals surface area contributed by atoms with E-state index in [1.165, 1.54) is 24.1 Å². The summed E-state index contributed by atoms with van der Waals surface area (Å²) in [6.45, 7) is 4.01. The lowest BCUT2D eigenvalue weighted by Crippen LogP contribution is -2.55. The second-order valence-electron chi connectivity index (χ2n) is 5.90. The van der Waals surface area contributed by atoms with Crippen molar-refractivity contribution in [2.45, 2.75) is 51.6 Å². The van der Waals surface area contributed by atoms with Gasteiger partial charge >= 0.3 is 0 Å². The topological polar surface area (TPSA) is 71.2 Å². The van der Waals surface area contributed by atoms with Gasteiger partial charge in [0, 0.05) is 30.9 Å². The van der Waals surface area contributed by atoms with Crippen molar-refractivity contribution < 1.29 is 4.79 Å². The standard InChI is InChI=1S/C16H24N4O/c1-2-14-16(21)18-7-8-20(14)15-12(10-17)9-11-5-3-4-6-13(11)19-15/h9,14H,2-8,10,17H2,1H3,(H,18,21). The number of fused-ring (bicyclic) bond motifs is 1. The molecule has 1 aliphatic carbocycles. The number of nitrogens with one attached hydrogen (secondary N) is 1. The fourth-order valence-electron chi connectivity index (χ4n) is 3.44. The van der Waals surface area contributed by atoms with Gasteiger partial charge in [0.15, 0.2) is 0 Å². The second-order valence-corrected chi connectivity index (χ2v) is 5.90. The third kappa shape index (κ3) is 2.62. The zero-order valence-corrected chi connectivity index (χ0v) is 12.7. The molecule has 1 aliphatic heterocycles. The first-order chi connectivity index (χ1) is 10.2. The average molecular weight is 288 g/mol. The predicted molar refractivity (Wildman–Crippen MR) is 83.2 cm³/mol. The Morgan fingerprint density at radius 3 is 3.00 bits per heavy atom. The molecule has 1 unspecified atom stereocenters. The van der Waals surface area contributed by atoms with E-state index in [1.54, 1.807) is 0 Å². The molecule has 2 heterocycles. The number of carbonyl (C=O) groups is 1. The smallest absolute Gasteiger partial charge is 0.242 e. The van der Waals surface area contributed by atoms with Gasteiger partial charge in [0.2, 0.25) is 5.91 Å². The summed E-state index contributed by atoms with van der Waals surface area (Å²) < 4.78 is 0. The van der Waals surface area contributed by atoms with Crippen molar-refractivity contribution in [3.8, 4) is 0 Å². The summed E-state index contributed by atoms with van der Waals surface area (Å²) in [6.07, 6.45) is 5.38. The number of amides is 1.